The predicted octanol–water partition coefficient (Wildman–Crippen LogP) is 2.67. The van der Waals surface area contributed by atoms with E-state index in [4.69, 9.17) is 14.7 Å². The van der Waals surface area contributed by atoms with Gasteiger partial charge in [-0.2, -0.15) is 5.26 Å². The van der Waals surface area contributed by atoms with E-state index in [-0.39, 0.29) is 0 Å². The molecule has 0 bridgehead atoms. The highest BCUT2D eigenvalue weighted by Gasteiger charge is 2.15. The number of rotatable bonds is 3. The molecule has 0 amide bonds. The van der Waals surface area contributed by atoms with E-state index in [0.717, 1.165) is 31.6 Å². The summed E-state index contributed by atoms with van der Waals surface area (Å²) in [5.41, 5.74) is 1.73. The third-order valence-corrected chi connectivity index (χ3v) is 3.07. The van der Waals surface area contributed by atoms with Gasteiger partial charge in [0.2, 0.25) is 0 Å². The molecular formula is C14H17NO2. The maximum absolute atomic E-state index is 9.00. The highest BCUT2D eigenvalue weighted by Crippen LogP contribution is 2.22. The van der Waals surface area contributed by atoms with Crippen molar-refractivity contribution in [2.24, 2.45) is 5.92 Å². The van der Waals surface area contributed by atoms with E-state index in [2.05, 4.69) is 6.07 Å². The number of nitrogens with zero attached hydrogens (tertiary/aromatic N) is 1. The van der Waals surface area contributed by atoms with Crippen molar-refractivity contribution in [1.82, 2.24) is 0 Å². The predicted molar refractivity (Wildman–Crippen MR) is 64.9 cm³/mol. The summed E-state index contributed by atoms with van der Waals surface area (Å²) in [5, 5.41) is 9.00. The lowest BCUT2D eigenvalue weighted by atomic mass is 10.0. The Kier molecular flexibility index (Phi) is 4.00. The van der Waals surface area contributed by atoms with E-state index in [1.807, 2.05) is 25.1 Å². The van der Waals surface area contributed by atoms with Crippen LogP contribution in [0.4, 0.5) is 0 Å². The minimum absolute atomic E-state index is 0.552. The molecule has 0 radical (unpaired) electrons. The van der Waals surface area contributed by atoms with Crippen LogP contribution in [-0.4, -0.2) is 19.8 Å². The van der Waals surface area contributed by atoms with Crippen LogP contribution >= 0.6 is 0 Å². The lowest BCUT2D eigenvalue weighted by Crippen LogP contribution is -2.21. The SMILES string of the molecule is Cc1ccc(C#N)c(OCC2CCOCC2)c1. The zero-order chi connectivity index (χ0) is 12.1. The Morgan fingerprint density at radius 1 is 1.41 bits per heavy atom. The van der Waals surface area contributed by atoms with Crippen molar-refractivity contribution in [3.05, 3.63) is 29.3 Å². The summed E-state index contributed by atoms with van der Waals surface area (Å²) in [6.07, 6.45) is 2.10. The minimum atomic E-state index is 0.552. The van der Waals surface area contributed by atoms with Crippen molar-refractivity contribution < 1.29 is 9.47 Å². The molecule has 0 unspecified atom stereocenters. The van der Waals surface area contributed by atoms with Crippen LogP contribution in [0.25, 0.3) is 0 Å². The first-order valence-corrected chi connectivity index (χ1v) is 6.01. The lowest BCUT2D eigenvalue weighted by molar-refractivity contribution is 0.0497. The monoisotopic (exact) mass is 231 g/mol. The molecule has 17 heavy (non-hydrogen) atoms. The number of nitriles is 1. The zero-order valence-corrected chi connectivity index (χ0v) is 10.1. The first-order chi connectivity index (χ1) is 8.29. The number of benzene rings is 1. The van der Waals surface area contributed by atoms with Crippen molar-refractivity contribution in [3.8, 4) is 11.8 Å². The number of hydrogen-bond acceptors (Lipinski definition) is 3. The molecule has 0 aromatic heterocycles. The van der Waals surface area contributed by atoms with Gasteiger partial charge in [-0.05, 0) is 43.4 Å². The maximum atomic E-state index is 9.00. The van der Waals surface area contributed by atoms with Gasteiger partial charge < -0.3 is 9.47 Å². The van der Waals surface area contributed by atoms with Crippen LogP contribution in [0.2, 0.25) is 0 Å². The molecule has 1 aliphatic rings. The van der Waals surface area contributed by atoms with Gasteiger partial charge in [0, 0.05) is 13.2 Å². The third kappa shape index (κ3) is 3.21. The van der Waals surface area contributed by atoms with E-state index < -0.39 is 0 Å². The molecule has 0 aliphatic carbocycles. The van der Waals surface area contributed by atoms with Crippen molar-refractivity contribution in [2.45, 2.75) is 19.8 Å². The largest absolute Gasteiger partial charge is 0.492 e. The molecule has 0 N–H and O–H groups in total. The van der Waals surface area contributed by atoms with E-state index in [0.29, 0.717) is 23.8 Å². The van der Waals surface area contributed by atoms with Crippen LogP contribution in [0, 0.1) is 24.2 Å². The second-order valence-corrected chi connectivity index (χ2v) is 4.48. The molecule has 90 valence electrons. The summed E-state index contributed by atoms with van der Waals surface area (Å²) in [7, 11) is 0. The standard InChI is InChI=1S/C14H17NO2/c1-11-2-3-13(9-15)14(8-11)17-10-12-4-6-16-7-5-12/h2-3,8,12H,4-7,10H2,1H3. The molecule has 0 atom stereocenters. The van der Waals surface area contributed by atoms with Gasteiger partial charge in [-0.3, -0.25) is 0 Å². The second-order valence-electron chi connectivity index (χ2n) is 4.48. The highest BCUT2D eigenvalue weighted by atomic mass is 16.5. The Morgan fingerprint density at radius 2 is 2.18 bits per heavy atom. The summed E-state index contributed by atoms with van der Waals surface area (Å²) in [6.45, 7) is 4.34. The lowest BCUT2D eigenvalue weighted by Gasteiger charge is -2.22. The highest BCUT2D eigenvalue weighted by molar-refractivity contribution is 5.44. The summed E-state index contributed by atoms with van der Waals surface area (Å²) in [6, 6.07) is 7.83. The second kappa shape index (κ2) is 5.70. The fourth-order valence-corrected chi connectivity index (χ4v) is 1.96. The molecule has 0 saturated carbocycles. The van der Waals surface area contributed by atoms with Crippen LogP contribution in [0.1, 0.15) is 24.0 Å². The van der Waals surface area contributed by atoms with Gasteiger partial charge in [0.05, 0.1) is 12.2 Å². The molecule has 1 heterocycles. The summed E-state index contributed by atoms with van der Waals surface area (Å²) in [4.78, 5) is 0. The third-order valence-electron chi connectivity index (χ3n) is 3.07. The Balaban J connectivity index is 1.98. The first-order valence-electron chi connectivity index (χ1n) is 6.01. The minimum Gasteiger partial charge on any atom is -0.492 e. The van der Waals surface area contributed by atoms with Gasteiger partial charge in [-0.25, -0.2) is 0 Å². The fraction of sp³-hybridized carbons (Fsp3) is 0.500. The van der Waals surface area contributed by atoms with Crippen LogP contribution in [0.3, 0.4) is 0 Å². The number of ether oxygens (including phenoxy) is 2. The van der Waals surface area contributed by atoms with Crippen LogP contribution < -0.4 is 4.74 Å². The molecule has 1 aliphatic heterocycles. The molecule has 3 heteroatoms. The Labute approximate surface area is 102 Å². The van der Waals surface area contributed by atoms with E-state index >= 15 is 0 Å². The van der Waals surface area contributed by atoms with Gasteiger partial charge in [0.25, 0.3) is 0 Å². The molecular weight excluding hydrogens is 214 g/mol. The van der Waals surface area contributed by atoms with Gasteiger partial charge in [0.15, 0.2) is 0 Å². The topological polar surface area (TPSA) is 42.2 Å². The van der Waals surface area contributed by atoms with E-state index in [9.17, 15) is 0 Å². The van der Waals surface area contributed by atoms with Crippen LogP contribution in [0.15, 0.2) is 18.2 Å². The van der Waals surface area contributed by atoms with Crippen LogP contribution in [0.5, 0.6) is 5.75 Å². The summed E-state index contributed by atoms with van der Waals surface area (Å²) < 4.78 is 11.1. The average molecular weight is 231 g/mol. The van der Waals surface area contributed by atoms with Crippen molar-refractivity contribution >= 4 is 0 Å². The van der Waals surface area contributed by atoms with Gasteiger partial charge in [0.1, 0.15) is 11.8 Å². The molecule has 2 rings (SSSR count). The first kappa shape index (κ1) is 11.9. The molecule has 0 spiro atoms. The average Bonchev–Trinajstić information content (AvgIpc) is 2.38. The normalized spacial score (nSPS) is 16.5. The van der Waals surface area contributed by atoms with Gasteiger partial charge in [-0.15, -0.1) is 0 Å². The number of aryl methyl sites for hydroxylation is 1. The van der Waals surface area contributed by atoms with Crippen molar-refractivity contribution in [3.63, 3.8) is 0 Å². The quantitative estimate of drug-likeness (QED) is 0.803. The summed E-state index contributed by atoms with van der Waals surface area (Å²) in [5.74, 6) is 1.26. The molecule has 1 saturated heterocycles. The fourth-order valence-electron chi connectivity index (χ4n) is 1.96. The smallest absolute Gasteiger partial charge is 0.137 e. The summed E-state index contributed by atoms with van der Waals surface area (Å²) >= 11 is 0. The van der Waals surface area contributed by atoms with E-state index in [1.54, 1.807) is 0 Å². The molecule has 1 fully saturated rings. The Bertz CT molecular complexity index is 417. The van der Waals surface area contributed by atoms with Gasteiger partial charge >= 0.3 is 0 Å². The molecule has 1 aromatic rings. The Hall–Kier alpha value is -1.53. The Morgan fingerprint density at radius 3 is 2.88 bits per heavy atom. The van der Waals surface area contributed by atoms with Crippen molar-refractivity contribution in [2.75, 3.05) is 19.8 Å². The van der Waals surface area contributed by atoms with Crippen LogP contribution in [-0.2, 0) is 4.74 Å². The molecule has 3 nitrogen and oxygen atoms in total. The van der Waals surface area contributed by atoms with Gasteiger partial charge in [-0.1, -0.05) is 6.07 Å². The zero-order valence-electron chi connectivity index (χ0n) is 10.1. The van der Waals surface area contributed by atoms with Crippen molar-refractivity contribution in [1.29, 1.82) is 5.26 Å². The maximum Gasteiger partial charge on any atom is 0.137 e. The van der Waals surface area contributed by atoms with E-state index in [1.165, 1.54) is 0 Å². The molecule has 1 aromatic carbocycles. The number of hydrogen-bond donors (Lipinski definition) is 0.